The Balaban J connectivity index is 1.43. The lowest BCUT2D eigenvalue weighted by molar-refractivity contribution is -0.123. The first kappa shape index (κ1) is 17.4. The first-order valence-electron chi connectivity index (χ1n) is 7.83. The molecule has 1 N–H and O–H groups in total. The minimum atomic E-state index is -0.384. The van der Waals surface area contributed by atoms with Gasteiger partial charge < -0.3 is 14.4 Å². The van der Waals surface area contributed by atoms with Crippen molar-refractivity contribution in [2.45, 2.75) is 0 Å². The zero-order valence-electron chi connectivity index (χ0n) is 13.5. The Hall–Kier alpha value is -2.45. The zero-order chi connectivity index (χ0) is 17.5. The summed E-state index contributed by atoms with van der Waals surface area (Å²) in [5, 5.41) is 5.09. The molecular formula is C17H18FN3O3S. The molecule has 1 saturated heterocycles. The fourth-order valence-electron chi connectivity index (χ4n) is 2.25. The molecule has 1 fully saturated rings. The van der Waals surface area contributed by atoms with Gasteiger partial charge in [-0.2, -0.15) is 5.10 Å². The molecule has 0 atom stereocenters. The standard InChI is InChI=1S/C17H18FN3O3S/c18-13-1-3-14(4-2-13)24-12-16(22)20-19-11-15-5-6-17(25-15)21-7-9-23-10-8-21/h1-6,11H,7-10,12H2,(H,20,22). The number of carbonyl (C=O) groups excluding carboxylic acids is 1. The van der Waals surface area contributed by atoms with Crippen LogP contribution < -0.4 is 15.1 Å². The number of hydrogen-bond acceptors (Lipinski definition) is 6. The van der Waals surface area contributed by atoms with Crippen LogP contribution >= 0.6 is 11.3 Å². The summed E-state index contributed by atoms with van der Waals surface area (Å²) in [5.74, 6) is -0.312. The highest BCUT2D eigenvalue weighted by Gasteiger charge is 2.12. The highest BCUT2D eigenvalue weighted by Crippen LogP contribution is 2.25. The van der Waals surface area contributed by atoms with Crippen molar-refractivity contribution in [3.05, 3.63) is 47.1 Å². The van der Waals surface area contributed by atoms with Gasteiger partial charge in [0.1, 0.15) is 11.6 Å². The number of anilines is 1. The molecule has 1 aromatic heterocycles. The van der Waals surface area contributed by atoms with Crippen LogP contribution in [0.5, 0.6) is 5.75 Å². The van der Waals surface area contributed by atoms with E-state index in [9.17, 15) is 9.18 Å². The summed E-state index contributed by atoms with van der Waals surface area (Å²) in [6.45, 7) is 3.06. The number of rotatable bonds is 6. The number of amides is 1. The third kappa shape index (κ3) is 5.27. The van der Waals surface area contributed by atoms with Crippen molar-refractivity contribution in [1.29, 1.82) is 0 Å². The number of hydrogen-bond donors (Lipinski definition) is 1. The van der Waals surface area contributed by atoms with Crippen LogP contribution in [-0.4, -0.2) is 45.0 Å². The van der Waals surface area contributed by atoms with Crippen molar-refractivity contribution in [2.24, 2.45) is 5.10 Å². The predicted octanol–water partition coefficient (Wildman–Crippen LogP) is 2.25. The number of nitrogens with zero attached hydrogens (tertiary/aromatic N) is 2. The van der Waals surface area contributed by atoms with E-state index in [0.29, 0.717) is 5.75 Å². The van der Waals surface area contributed by atoms with Crippen molar-refractivity contribution in [2.75, 3.05) is 37.8 Å². The van der Waals surface area contributed by atoms with Crippen LogP contribution in [0.1, 0.15) is 4.88 Å². The van der Waals surface area contributed by atoms with Gasteiger partial charge in [0.05, 0.1) is 24.4 Å². The quantitative estimate of drug-likeness (QED) is 0.632. The number of carbonyl (C=O) groups is 1. The normalized spacial score (nSPS) is 14.7. The van der Waals surface area contributed by atoms with Crippen molar-refractivity contribution in [3.63, 3.8) is 0 Å². The summed E-state index contributed by atoms with van der Waals surface area (Å²) in [6, 6.07) is 9.47. The third-order valence-corrected chi connectivity index (χ3v) is 4.58. The molecule has 3 rings (SSSR count). The minimum absolute atomic E-state index is 0.188. The van der Waals surface area contributed by atoms with Gasteiger partial charge in [-0.1, -0.05) is 0 Å². The molecule has 0 radical (unpaired) electrons. The average Bonchev–Trinajstić information content (AvgIpc) is 3.11. The maximum Gasteiger partial charge on any atom is 0.277 e. The fraction of sp³-hybridized carbons (Fsp3) is 0.294. The second-order valence-electron chi connectivity index (χ2n) is 5.31. The molecule has 1 aliphatic rings. The van der Waals surface area contributed by atoms with Crippen LogP contribution in [0.15, 0.2) is 41.5 Å². The minimum Gasteiger partial charge on any atom is -0.484 e. The summed E-state index contributed by atoms with van der Waals surface area (Å²) >= 11 is 1.61. The van der Waals surface area contributed by atoms with Gasteiger partial charge >= 0.3 is 0 Å². The smallest absolute Gasteiger partial charge is 0.277 e. The third-order valence-electron chi connectivity index (χ3n) is 3.50. The van der Waals surface area contributed by atoms with Gasteiger partial charge in [-0.25, -0.2) is 9.82 Å². The van der Waals surface area contributed by atoms with Crippen LogP contribution in [-0.2, 0) is 9.53 Å². The number of nitrogens with one attached hydrogen (secondary N) is 1. The Morgan fingerprint density at radius 3 is 2.80 bits per heavy atom. The molecule has 0 aliphatic carbocycles. The van der Waals surface area contributed by atoms with E-state index in [-0.39, 0.29) is 18.3 Å². The monoisotopic (exact) mass is 363 g/mol. The first-order chi connectivity index (χ1) is 12.2. The molecule has 1 amide bonds. The zero-order valence-corrected chi connectivity index (χ0v) is 14.3. The lowest BCUT2D eigenvalue weighted by atomic mass is 10.3. The average molecular weight is 363 g/mol. The Labute approximate surface area is 148 Å². The van der Waals surface area contributed by atoms with E-state index in [0.717, 1.165) is 36.2 Å². The van der Waals surface area contributed by atoms with Gasteiger partial charge in [-0.15, -0.1) is 11.3 Å². The second-order valence-corrected chi connectivity index (χ2v) is 6.41. The van der Waals surface area contributed by atoms with Crippen LogP contribution in [0.4, 0.5) is 9.39 Å². The van der Waals surface area contributed by atoms with Gasteiger partial charge in [-0.05, 0) is 36.4 Å². The van der Waals surface area contributed by atoms with Crippen molar-refractivity contribution in [1.82, 2.24) is 5.43 Å². The van der Waals surface area contributed by atoms with E-state index in [1.807, 2.05) is 12.1 Å². The lowest BCUT2D eigenvalue weighted by Crippen LogP contribution is -2.35. The van der Waals surface area contributed by atoms with Gasteiger partial charge in [-0.3, -0.25) is 4.79 Å². The molecule has 1 aromatic carbocycles. The summed E-state index contributed by atoms with van der Waals surface area (Å²) < 4.78 is 23.4. The molecule has 132 valence electrons. The molecule has 2 aromatic rings. The number of morpholine rings is 1. The van der Waals surface area contributed by atoms with Crippen molar-refractivity contribution in [3.8, 4) is 5.75 Å². The first-order valence-corrected chi connectivity index (χ1v) is 8.65. The van der Waals surface area contributed by atoms with E-state index in [1.165, 1.54) is 24.3 Å². The summed E-state index contributed by atoms with van der Waals surface area (Å²) in [4.78, 5) is 14.9. The molecular weight excluding hydrogens is 345 g/mol. The molecule has 0 bridgehead atoms. The van der Waals surface area contributed by atoms with Crippen molar-refractivity contribution >= 4 is 28.5 Å². The fourth-order valence-corrected chi connectivity index (χ4v) is 3.18. The molecule has 8 heteroatoms. The van der Waals surface area contributed by atoms with Crippen LogP contribution in [0, 0.1) is 5.82 Å². The van der Waals surface area contributed by atoms with E-state index in [4.69, 9.17) is 9.47 Å². The number of ether oxygens (including phenoxy) is 2. The SMILES string of the molecule is O=C(COc1ccc(F)cc1)NN=Cc1ccc(N2CCOCC2)s1. The molecule has 1 aliphatic heterocycles. The predicted molar refractivity (Wildman–Crippen MR) is 95.0 cm³/mol. The Kier molecular flexibility index (Phi) is 5.97. The Bertz CT molecular complexity index is 727. The lowest BCUT2D eigenvalue weighted by Gasteiger charge is -2.27. The van der Waals surface area contributed by atoms with Gasteiger partial charge in [0.2, 0.25) is 0 Å². The Morgan fingerprint density at radius 2 is 2.04 bits per heavy atom. The molecule has 0 unspecified atom stereocenters. The van der Waals surface area contributed by atoms with Crippen molar-refractivity contribution < 1.29 is 18.7 Å². The summed E-state index contributed by atoms with van der Waals surface area (Å²) in [7, 11) is 0. The molecule has 0 spiro atoms. The highest BCUT2D eigenvalue weighted by atomic mass is 32.1. The summed E-state index contributed by atoms with van der Waals surface area (Å²) in [6.07, 6.45) is 1.60. The molecule has 25 heavy (non-hydrogen) atoms. The maximum absolute atomic E-state index is 12.8. The van der Waals surface area contributed by atoms with Gasteiger partial charge in [0.25, 0.3) is 5.91 Å². The summed E-state index contributed by atoms with van der Waals surface area (Å²) in [5.41, 5.74) is 2.41. The maximum atomic E-state index is 12.8. The van der Waals surface area contributed by atoms with Crippen LogP contribution in [0.3, 0.4) is 0 Å². The van der Waals surface area contributed by atoms with E-state index in [2.05, 4.69) is 15.4 Å². The largest absolute Gasteiger partial charge is 0.484 e. The second kappa shape index (κ2) is 8.59. The van der Waals surface area contributed by atoms with Crippen LogP contribution in [0.2, 0.25) is 0 Å². The molecule has 6 nitrogen and oxygen atoms in total. The number of thiophene rings is 1. The highest BCUT2D eigenvalue weighted by molar-refractivity contribution is 7.17. The molecule has 2 heterocycles. The van der Waals surface area contributed by atoms with Gasteiger partial charge in [0, 0.05) is 18.0 Å². The van der Waals surface area contributed by atoms with E-state index >= 15 is 0 Å². The van der Waals surface area contributed by atoms with Gasteiger partial charge in [0.15, 0.2) is 6.61 Å². The topological polar surface area (TPSA) is 63.2 Å². The number of benzene rings is 1. The number of halogens is 1. The van der Waals surface area contributed by atoms with E-state index < -0.39 is 0 Å². The number of hydrazone groups is 1. The van der Waals surface area contributed by atoms with E-state index in [1.54, 1.807) is 17.6 Å². The van der Waals surface area contributed by atoms with Crippen LogP contribution in [0.25, 0.3) is 0 Å². The Morgan fingerprint density at radius 1 is 1.28 bits per heavy atom. The molecule has 0 saturated carbocycles.